The van der Waals surface area contributed by atoms with Gasteiger partial charge in [0.15, 0.2) is 6.29 Å². The maximum absolute atomic E-state index is 12.9. The minimum Gasteiger partial charge on any atom is -0.394 e. The van der Waals surface area contributed by atoms with Crippen molar-refractivity contribution in [1.29, 1.82) is 0 Å². The molecule has 0 aliphatic carbocycles. The molecule has 0 aromatic carbocycles. The van der Waals surface area contributed by atoms with Gasteiger partial charge < -0.3 is 40.3 Å². The average Bonchev–Trinajstić information content (AvgIpc) is 3.16. The van der Waals surface area contributed by atoms with E-state index in [4.69, 9.17) is 9.47 Å². The lowest BCUT2D eigenvalue weighted by atomic mass is 9.99. The first-order chi connectivity index (χ1) is 25.8. The molecule has 9 heteroatoms. The molecule has 1 amide bonds. The zero-order chi connectivity index (χ0) is 38.8. The number of aliphatic hydroxyl groups excluding tert-OH is 5. The lowest BCUT2D eigenvalue weighted by Crippen LogP contribution is -2.60. The maximum Gasteiger partial charge on any atom is 0.220 e. The van der Waals surface area contributed by atoms with Gasteiger partial charge in [-0.2, -0.15) is 0 Å². The van der Waals surface area contributed by atoms with E-state index in [9.17, 15) is 30.3 Å². The molecule has 1 aliphatic heterocycles. The third-order valence-corrected chi connectivity index (χ3v) is 10.9. The Morgan fingerprint density at radius 2 is 1.04 bits per heavy atom. The van der Waals surface area contributed by atoms with Crippen molar-refractivity contribution in [1.82, 2.24) is 5.32 Å². The number of amides is 1. The average molecular weight is 756 g/mol. The Hall–Kier alpha value is -1.07. The van der Waals surface area contributed by atoms with Crippen LogP contribution in [0, 0.1) is 0 Å². The largest absolute Gasteiger partial charge is 0.394 e. The number of carbonyl (C=O) groups excluding carboxylic acids is 1. The van der Waals surface area contributed by atoms with Crippen molar-refractivity contribution < 1.29 is 39.8 Å². The van der Waals surface area contributed by atoms with Gasteiger partial charge >= 0.3 is 0 Å². The topological polar surface area (TPSA) is 149 Å². The normalized spacial score (nSPS) is 21.7. The Morgan fingerprint density at radius 1 is 0.623 bits per heavy atom. The highest BCUT2D eigenvalue weighted by atomic mass is 16.7. The van der Waals surface area contributed by atoms with E-state index >= 15 is 0 Å². The summed E-state index contributed by atoms with van der Waals surface area (Å²) in [6.45, 7) is 3.77. The van der Waals surface area contributed by atoms with Crippen LogP contribution in [0.3, 0.4) is 0 Å². The number of hydrogen-bond donors (Lipinski definition) is 6. The Kier molecular flexibility index (Phi) is 33.3. The molecule has 1 aliphatic rings. The van der Waals surface area contributed by atoms with E-state index in [-0.39, 0.29) is 12.5 Å². The second-order valence-electron chi connectivity index (χ2n) is 15.9. The second-order valence-corrected chi connectivity index (χ2v) is 15.9. The minimum atomic E-state index is -1.56. The predicted molar refractivity (Wildman–Crippen MR) is 217 cm³/mol. The van der Waals surface area contributed by atoms with Gasteiger partial charge in [-0.1, -0.05) is 193 Å². The van der Waals surface area contributed by atoms with E-state index in [0.29, 0.717) is 6.42 Å². The highest BCUT2D eigenvalue weighted by Gasteiger charge is 2.44. The summed E-state index contributed by atoms with van der Waals surface area (Å²) in [6.07, 6.45) is 32.5. The Morgan fingerprint density at radius 3 is 1.47 bits per heavy atom. The van der Waals surface area contributed by atoms with Crippen molar-refractivity contribution in [2.45, 2.75) is 249 Å². The first kappa shape index (κ1) is 49.9. The van der Waals surface area contributed by atoms with Crippen molar-refractivity contribution in [3.63, 3.8) is 0 Å². The van der Waals surface area contributed by atoms with Gasteiger partial charge in [0.25, 0.3) is 0 Å². The number of unbranched alkanes of at least 4 members (excludes halogenated alkanes) is 27. The van der Waals surface area contributed by atoms with Crippen LogP contribution in [-0.2, 0) is 14.3 Å². The molecule has 0 radical (unpaired) electrons. The lowest BCUT2D eigenvalue weighted by molar-refractivity contribution is -0.302. The molecule has 0 aromatic heterocycles. The number of rotatable bonds is 37. The van der Waals surface area contributed by atoms with Crippen LogP contribution in [0.25, 0.3) is 0 Å². The van der Waals surface area contributed by atoms with Gasteiger partial charge in [-0.15, -0.1) is 0 Å². The molecule has 1 fully saturated rings. The van der Waals surface area contributed by atoms with E-state index in [1.165, 1.54) is 148 Å². The van der Waals surface area contributed by atoms with Gasteiger partial charge in [0, 0.05) is 6.42 Å². The van der Waals surface area contributed by atoms with Crippen LogP contribution in [-0.4, -0.2) is 87.5 Å². The zero-order valence-electron chi connectivity index (χ0n) is 34.3. The van der Waals surface area contributed by atoms with Crippen molar-refractivity contribution in [3.8, 4) is 0 Å². The summed E-state index contributed by atoms with van der Waals surface area (Å²) in [4.78, 5) is 12.9. The highest BCUT2D eigenvalue weighted by molar-refractivity contribution is 5.76. The van der Waals surface area contributed by atoms with Crippen molar-refractivity contribution in [3.05, 3.63) is 12.2 Å². The molecule has 0 aromatic rings. The summed E-state index contributed by atoms with van der Waals surface area (Å²) in [7, 11) is 0. The van der Waals surface area contributed by atoms with Gasteiger partial charge in [0.05, 0.1) is 25.4 Å². The van der Waals surface area contributed by atoms with Crippen LogP contribution in [0.4, 0.5) is 0 Å². The highest BCUT2D eigenvalue weighted by Crippen LogP contribution is 2.23. The Bertz CT molecular complexity index is 842. The number of aliphatic hydroxyl groups is 5. The van der Waals surface area contributed by atoms with Gasteiger partial charge in [-0.25, -0.2) is 0 Å². The van der Waals surface area contributed by atoms with Crippen LogP contribution in [0.2, 0.25) is 0 Å². The smallest absolute Gasteiger partial charge is 0.220 e. The van der Waals surface area contributed by atoms with Crippen molar-refractivity contribution in [2.24, 2.45) is 0 Å². The molecule has 0 spiro atoms. The number of allylic oxidation sites excluding steroid dienone is 1. The van der Waals surface area contributed by atoms with Crippen LogP contribution in [0.1, 0.15) is 206 Å². The first-order valence-corrected chi connectivity index (χ1v) is 22.4. The Labute approximate surface area is 325 Å². The van der Waals surface area contributed by atoms with Crippen LogP contribution in [0.15, 0.2) is 12.2 Å². The summed E-state index contributed by atoms with van der Waals surface area (Å²) < 4.78 is 11.2. The summed E-state index contributed by atoms with van der Waals surface area (Å²) in [5.74, 6) is -0.175. The maximum atomic E-state index is 12.9. The molecule has 6 N–H and O–H groups in total. The molecule has 314 valence electrons. The van der Waals surface area contributed by atoms with Crippen molar-refractivity contribution >= 4 is 5.91 Å². The summed E-state index contributed by atoms with van der Waals surface area (Å²) >= 11 is 0. The first-order valence-electron chi connectivity index (χ1n) is 22.4. The number of carbonyl (C=O) groups is 1. The van der Waals surface area contributed by atoms with E-state index < -0.39 is 49.5 Å². The van der Waals surface area contributed by atoms with Crippen LogP contribution >= 0.6 is 0 Å². The molecular weight excluding hydrogens is 670 g/mol. The zero-order valence-corrected chi connectivity index (χ0v) is 34.3. The number of ether oxygens (including phenoxy) is 2. The molecule has 7 atom stereocenters. The van der Waals surface area contributed by atoms with Gasteiger partial charge in [0.1, 0.15) is 24.4 Å². The fourth-order valence-electron chi connectivity index (χ4n) is 7.21. The summed E-state index contributed by atoms with van der Waals surface area (Å²) in [5.41, 5.74) is 0. The van der Waals surface area contributed by atoms with E-state index in [1.54, 1.807) is 6.08 Å². The predicted octanol–water partition coefficient (Wildman–Crippen LogP) is 8.95. The fourth-order valence-corrected chi connectivity index (χ4v) is 7.21. The number of hydrogen-bond acceptors (Lipinski definition) is 8. The number of nitrogens with one attached hydrogen (secondary N) is 1. The molecule has 9 nitrogen and oxygen atoms in total. The van der Waals surface area contributed by atoms with Gasteiger partial charge in [-0.05, 0) is 19.3 Å². The SMILES string of the molecule is CCCCCCCCCCCCC/C=C/[C@@H](O)[C@H](CO[C@@H]1OC(CO)[C@@H](O)C(O)C1O)NC(=O)CCCCCCCCCCCCCCCCCCC. The second kappa shape index (κ2) is 35.4. The van der Waals surface area contributed by atoms with Gasteiger partial charge in [0.2, 0.25) is 5.91 Å². The Balaban J connectivity index is 2.35. The molecular formula is C44H85NO8. The molecule has 0 saturated carbocycles. The van der Waals surface area contributed by atoms with Crippen LogP contribution < -0.4 is 5.32 Å². The van der Waals surface area contributed by atoms with Crippen LogP contribution in [0.5, 0.6) is 0 Å². The molecule has 1 heterocycles. The summed E-state index contributed by atoms with van der Waals surface area (Å²) in [5, 5.41) is 54.1. The monoisotopic (exact) mass is 756 g/mol. The molecule has 3 unspecified atom stereocenters. The molecule has 0 bridgehead atoms. The van der Waals surface area contributed by atoms with E-state index in [0.717, 1.165) is 38.5 Å². The molecule has 1 rings (SSSR count). The van der Waals surface area contributed by atoms with Crippen molar-refractivity contribution in [2.75, 3.05) is 13.2 Å². The molecule has 53 heavy (non-hydrogen) atoms. The van der Waals surface area contributed by atoms with E-state index in [2.05, 4.69) is 19.2 Å². The minimum absolute atomic E-state index is 0.175. The quantitative estimate of drug-likeness (QED) is 0.0272. The lowest BCUT2D eigenvalue weighted by Gasteiger charge is -2.40. The third-order valence-electron chi connectivity index (χ3n) is 10.9. The summed E-state index contributed by atoms with van der Waals surface area (Å²) in [6, 6.07) is -0.797. The van der Waals surface area contributed by atoms with E-state index in [1.807, 2.05) is 6.08 Å². The molecule has 1 saturated heterocycles. The third kappa shape index (κ3) is 26.4. The van der Waals surface area contributed by atoms with Gasteiger partial charge in [-0.3, -0.25) is 4.79 Å². The fraction of sp³-hybridized carbons (Fsp3) is 0.932. The standard InChI is InChI=1S/C44H85NO8/c1-3-5-7-9-11-13-15-17-18-19-20-22-24-26-28-30-32-34-40(48)45-37(36-52-44-43(51)42(50)41(49)39(35-46)53-44)38(47)33-31-29-27-25-23-21-16-14-12-10-8-6-4-2/h31,33,37-39,41-44,46-47,49-51H,3-30,32,34-36H2,1-2H3,(H,45,48)/b33-31+/t37-,38+,39?,41+,42?,43?,44+/m0/s1.